The number of alkyl carbamates (subject to hydrolysis) is 1. The zero-order valence-electron chi connectivity index (χ0n) is 35.9. The van der Waals surface area contributed by atoms with Crippen molar-refractivity contribution in [2.75, 3.05) is 61.0 Å². The summed E-state index contributed by atoms with van der Waals surface area (Å²) >= 11 is 0. The molecular weight excluding hydrogens is 823 g/mol. The van der Waals surface area contributed by atoms with Crippen LogP contribution in [0.5, 0.6) is 5.75 Å². The number of para-hydroxylation sites is 2. The number of fused-ring (bicyclic) bond motifs is 1. The lowest BCUT2D eigenvalue weighted by atomic mass is 10.2. The Bertz CT molecular complexity index is 2110. The second kappa shape index (κ2) is 22.1. The van der Waals surface area contributed by atoms with Crippen molar-refractivity contribution in [3.05, 3.63) is 83.9 Å². The fourth-order valence-corrected chi connectivity index (χ4v) is 7.50. The Kier molecular flexibility index (Phi) is 15.6. The minimum Gasteiger partial charge on any atom is -0.494 e. The van der Waals surface area contributed by atoms with E-state index in [4.69, 9.17) is 9.47 Å². The molecule has 4 aliphatic rings. The van der Waals surface area contributed by atoms with Gasteiger partial charge in [-0.25, -0.2) is 9.59 Å². The molecule has 0 radical (unpaired) electrons. The molecule has 7 rings (SSSR count). The van der Waals surface area contributed by atoms with Crippen LogP contribution in [0.3, 0.4) is 0 Å². The minimum absolute atomic E-state index is 0.0236. The molecule has 3 fully saturated rings. The zero-order chi connectivity index (χ0) is 44.8. The van der Waals surface area contributed by atoms with E-state index >= 15 is 0 Å². The van der Waals surface area contributed by atoms with Gasteiger partial charge in [0.15, 0.2) is 6.04 Å². The van der Waals surface area contributed by atoms with Gasteiger partial charge in [-0.05, 0) is 112 Å². The first kappa shape index (κ1) is 45.3. The number of benzene rings is 3. The number of amides is 8. The van der Waals surface area contributed by atoms with Gasteiger partial charge in [0, 0.05) is 43.8 Å². The molecule has 2 heterocycles. The Labute approximate surface area is 372 Å². The number of likely N-dealkylation sites (tertiary alicyclic amines) is 1. The molecule has 0 spiro atoms. The van der Waals surface area contributed by atoms with Crippen LogP contribution in [0, 0.1) is 0 Å². The van der Waals surface area contributed by atoms with Crippen molar-refractivity contribution >= 4 is 58.7 Å². The van der Waals surface area contributed by atoms with E-state index in [1.165, 1.54) is 18.4 Å². The van der Waals surface area contributed by atoms with Crippen molar-refractivity contribution in [3.63, 3.8) is 0 Å². The van der Waals surface area contributed by atoms with Gasteiger partial charge in [-0.2, -0.15) is 0 Å². The number of nitrogens with one attached hydrogen (secondary N) is 6. The number of urea groups is 1. The van der Waals surface area contributed by atoms with Crippen LogP contribution in [-0.2, 0) is 41.9 Å². The lowest BCUT2D eigenvalue weighted by Gasteiger charge is -2.24. The van der Waals surface area contributed by atoms with Gasteiger partial charge in [-0.1, -0.05) is 36.4 Å². The topological polar surface area (TPSA) is 220 Å². The number of carbonyl (C=O) groups is 7. The highest BCUT2D eigenvalue weighted by Gasteiger charge is 2.43. The number of rotatable bonds is 21. The van der Waals surface area contributed by atoms with E-state index in [9.17, 15) is 33.6 Å². The monoisotopic (exact) mass is 879 g/mol. The Morgan fingerprint density at radius 3 is 1.94 bits per heavy atom. The second-order valence-corrected chi connectivity index (χ2v) is 16.5. The van der Waals surface area contributed by atoms with Crippen LogP contribution in [0.1, 0.15) is 68.9 Å². The van der Waals surface area contributed by atoms with Crippen molar-refractivity contribution in [2.45, 2.75) is 89.1 Å². The molecular formula is C46H57N9O9. The molecule has 0 aromatic heterocycles. The maximum atomic E-state index is 14.1. The molecule has 3 aromatic rings. The van der Waals surface area contributed by atoms with Gasteiger partial charge in [0.25, 0.3) is 11.8 Å². The maximum Gasteiger partial charge on any atom is 0.407 e. The molecule has 64 heavy (non-hydrogen) atoms. The van der Waals surface area contributed by atoms with E-state index < -0.39 is 54.9 Å². The lowest BCUT2D eigenvalue weighted by Crippen LogP contribution is -2.58. The van der Waals surface area contributed by atoms with E-state index in [-0.39, 0.29) is 54.6 Å². The Morgan fingerprint density at radius 2 is 1.28 bits per heavy atom. The van der Waals surface area contributed by atoms with Crippen molar-refractivity contribution in [1.82, 2.24) is 31.5 Å². The molecule has 3 aromatic carbocycles. The second-order valence-electron chi connectivity index (χ2n) is 16.5. The highest BCUT2D eigenvalue weighted by Crippen LogP contribution is 2.34. The van der Waals surface area contributed by atoms with Crippen LogP contribution in [0.4, 0.5) is 26.7 Å². The summed E-state index contributed by atoms with van der Waals surface area (Å²) in [5.41, 5.74) is 2.53. The van der Waals surface area contributed by atoms with Crippen LogP contribution < -0.4 is 46.4 Å². The summed E-state index contributed by atoms with van der Waals surface area (Å²) in [4.78, 5) is 97.1. The summed E-state index contributed by atoms with van der Waals surface area (Å²) in [5.74, 6) is -1.84. The van der Waals surface area contributed by atoms with Crippen LogP contribution >= 0.6 is 0 Å². The van der Waals surface area contributed by atoms with Crippen molar-refractivity contribution < 1.29 is 43.0 Å². The fraction of sp³-hybridized carbons (Fsp3) is 0.457. The summed E-state index contributed by atoms with van der Waals surface area (Å²) < 4.78 is 11.2. The van der Waals surface area contributed by atoms with Gasteiger partial charge in [0.2, 0.25) is 17.7 Å². The average molecular weight is 880 g/mol. The molecule has 2 aliphatic heterocycles. The van der Waals surface area contributed by atoms with Crippen LogP contribution in [0.15, 0.2) is 72.8 Å². The molecule has 340 valence electrons. The van der Waals surface area contributed by atoms with Gasteiger partial charge in [0.05, 0.1) is 18.0 Å². The first-order valence-corrected chi connectivity index (χ1v) is 22.2. The van der Waals surface area contributed by atoms with Gasteiger partial charge in [-0.3, -0.25) is 38.7 Å². The molecule has 1 saturated heterocycles. The van der Waals surface area contributed by atoms with E-state index in [1.807, 2.05) is 12.1 Å². The van der Waals surface area contributed by atoms with Crippen molar-refractivity contribution in [2.24, 2.45) is 0 Å². The summed E-state index contributed by atoms with van der Waals surface area (Å²) in [6.07, 6.45) is 6.43. The molecule has 18 heteroatoms. The highest BCUT2D eigenvalue weighted by molar-refractivity contribution is 6.23. The van der Waals surface area contributed by atoms with E-state index in [0.717, 1.165) is 60.9 Å². The average Bonchev–Trinajstić information content (AvgIpc) is 4.23. The van der Waals surface area contributed by atoms with Gasteiger partial charge >= 0.3 is 12.1 Å². The predicted molar refractivity (Wildman–Crippen MR) is 237 cm³/mol. The summed E-state index contributed by atoms with van der Waals surface area (Å²) in [5, 5.41) is 16.3. The summed E-state index contributed by atoms with van der Waals surface area (Å²) in [6.45, 7) is 3.43. The van der Waals surface area contributed by atoms with Crippen LogP contribution in [0.2, 0.25) is 0 Å². The molecule has 1 atom stereocenters. The quantitative estimate of drug-likeness (QED) is 0.0678. The van der Waals surface area contributed by atoms with E-state index in [2.05, 4.69) is 48.9 Å². The first-order valence-electron chi connectivity index (χ1n) is 22.2. The third-order valence-corrected chi connectivity index (χ3v) is 11.1. The number of hydrogen-bond acceptors (Lipinski definition) is 10. The number of carbonyl (C=O) groups excluding carboxylic acids is 7. The van der Waals surface area contributed by atoms with Gasteiger partial charge in [-0.15, -0.1) is 0 Å². The number of hydrogen-bond donors (Lipinski definition) is 6. The normalized spacial score (nSPS) is 17.2. The van der Waals surface area contributed by atoms with E-state index in [0.29, 0.717) is 31.6 Å². The first-order chi connectivity index (χ1) is 31.1. The van der Waals surface area contributed by atoms with Crippen LogP contribution in [0.25, 0.3) is 0 Å². The van der Waals surface area contributed by atoms with Crippen molar-refractivity contribution in [1.29, 1.82) is 0 Å². The third-order valence-electron chi connectivity index (χ3n) is 11.1. The molecule has 6 N–H and O–H groups in total. The van der Waals surface area contributed by atoms with Gasteiger partial charge in [0.1, 0.15) is 25.4 Å². The third kappa shape index (κ3) is 13.7. The number of ether oxygens (including phenoxy) is 2. The Balaban J connectivity index is 0.834. The summed E-state index contributed by atoms with van der Waals surface area (Å²) in [7, 11) is 0. The van der Waals surface area contributed by atoms with Crippen LogP contribution in [-0.4, -0.2) is 111 Å². The minimum atomic E-state index is -1.78. The fourth-order valence-electron chi connectivity index (χ4n) is 7.50. The molecule has 2 aliphatic carbocycles. The Hall–Kier alpha value is -6.69. The van der Waals surface area contributed by atoms with E-state index in [1.54, 1.807) is 48.5 Å². The van der Waals surface area contributed by atoms with Crippen molar-refractivity contribution in [3.8, 4) is 5.75 Å². The number of anilines is 3. The summed E-state index contributed by atoms with van der Waals surface area (Å²) in [6, 6.07) is 18.4. The van der Waals surface area contributed by atoms with Gasteiger partial charge < -0.3 is 41.4 Å². The largest absolute Gasteiger partial charge is 0.494 e. The molecule has 18 nitrogen and oxygen atoms in total. The molecule has 1 unspecified atom stereocenters. The smallest absolute Gasteiger partial charge is 0.407 e. The zero-order valence-corrected chi connectivity index (χ0v) is 35.9. The molecule has 0 bridgehead atoms. The highest BCUT2D eigenvalue weighted by atomic mass is 16.5. The molecule has 8 amide bonds. The number of nitrogens with zero attached hydrogens (tertiary/aromatic N) is 3. The maximum absolute atomic E-state index is 14.1. The standard InChI is InChI=1S/C46H57N9O9/c56-39(47-21-8-24-63-36-12-6-9-31(26-36)27-53-22-3-4-23-53)15-7-20-48-46(62)64-30-32-10-5-11-35(25-32)51-45(61)52-42-43(59)54(28-40(57)49-33-16-17-33)37-13-1-2-14-38(37)55(44(42)60)29-41(58)50-34-18-19-34/h1-2,5-6,9-14,25-26,33-34,42H,3-4,7-8,15-24,27-30H2,(H,47,56)(H,48,62)(H,49,57)(H,50,58)(H2,51,52,61)/i43+0. The molecule has 2 saturated carbocycles. The SMILES string of the molecule is O=C(CCCNC(=O)OCc1cccc(NC(=O)NC2C(=O)N(CC(=O)NC3CC3)c3ccccc3N(CC(=O)NC3CC3)[12C]2=O)c1)NCCCOc1cccc(CN2CCCC2)c1. The predicted octanol–water partition coefficient (Wildman–Crippen LogP) is 3.30. The Morgan fingerprint density at radius 1 is 0.656 bits per heavy atom. The lowest BCUT2D eigenvalue weighted by molar-refractivity contribution is -0.131.